The Balaban J connectivity index is 2.51. The summed E-state index contributed by atoms with van der Waals surface area (Å²) >= 11 is 4.55. The molecule has 0 aliphatic heterocycles. The van der Waals surface area contributed by atoms with Crippen molar-refractivity contribution in [1.29, 1.82) is 0 Å². The van der Waals surface area contributed by atoms with Gasteiger partial charge in [0.25, 0.3) is 0 Å². The van der Waals surface area contributed by atoms with Crippen LogP contribution in [0.2, 0.25) is 0 Å². The van der Waals surface area contributed by atoms with E-state index in [1.54, 1.807) is 30.1 Å². The van der Waals surface area contributed by atoms with Crippen LogP contribution in [0.3, 0.4) is 0 Å². The van der Waals surface area contributed by atoms with E-state index in [1.165, 1.54) is 0 Å². The number of aromatic nitrogens is 2. The minimum absolute atomic E-state index is 0.0428. The molecule has 0 fully saturated rings. The molecule has 90 valence electrons. The minimum atomic E-state index is -3.44. The Bertz CT molecular complexity index is 441. The number of nitrogens with one attached hydrogen (secondary N) is 1. The number of sulfonamides is 1. The number of hydrogen-bond acceptors (Lipinski definition) is 4. The van der Waals surface area contributed by atoms with E-state index in [4.69, 9.17) is 5.73 Å². The van der Waals surface area contributed by atoms with Crippen molar-refractivity contribution >= 4 is 27.2 Å². The maximum Gasteiger partial charge on any atom is 0.218 e. The number of thiocarbonyl (C=S) groups is 1. The third-order valence-corrected chi connectivity index (χ3v) is 3.51. The molecule has 0 amide bonds. The molecule has 0 aromatic carbocycles. The Morgan fingerprint density at radius 3 is 2.88 bits per heavy atom. The van der Waals surface area contributed by atoms with Crippen LogP contribution in [0, 0.1) is 0 Å². The Morgan fingerprint density at radius 2 is 2.38 bits per heavy atom. The van der Waals surface area contributed by atoms with Gasteiger partial charge in [-0.3, -0.25) is 4.68 Å². The lowest BCUT2D eigenvalue weighted by Gasteiger charge is -2.13. The highest BCUT2D eigenvalue weighted by molar-refractivity contribution is 7.92. The van der Waals surface area contributed by atoms with E-state index in [9.17, 15) is 8.42 Å². The Kier molecular flexibility index (Phi) is 4.39. The second-order valence-corrected chi connectivity index (χ2v) is 5.75. The lowest BCUT2D eigenvalue weighted by molar-refractivity contribution is 0.495. The van der Waals surface area contributed by atoms with Crippen molar-refractivity contribution < 1.29 is 8.42 Å². The molecule has 16 heavy (non-hydrogen) atoms. The van der Waals surface area contributed by atoms with Crippen molar-refractivity contribution in [3.8, 4) is 0 Å². The van der Waals surface area contributed by atoms with Gasteiger partial charge in [-0.05, 0) is 13.0 Å². The molecule has 8 heteroatoms. The summed E-state index contributed by atoms with van der Waals surface area (Å²) in [6, 6.07) is 1.51. The van der Waals surface area contributed by atoms with E-state index in [-0.39, 0.29) is 16.8 Å². The van der Waals surface area contributed by atoms with E-state index < -0.39 is 10.0 Å². The van der Waals surface area contributed by atoms with Gasteiger partial charge in [0.2, 0.25) is 10.0 Å². The van der Waals surface area contributed by atoms with Crippen LogP contribution >= 0.6 is 12.2 Å². The van der Waals surface area contributed by atoms with Gasteiger partial charge in [-0.25, -0.2) is 13.1 Å². The van der Waals surface area contributed by atoms with Gasteiger partial charge < -0.3 is 5.73 Å². The lowest BCUT2D eigenvalue weighted by Crippen LogP contribution is -2.39. The fraction of sp³-hybridized carbons (Fsp3) is 0.500. The summed E-state index contributed by atoms with van der Waals surface area (Å²) in [5, 5.41) is 3.98. The van der Waals surface area contributed by atoms with Crippen molar-refractivity contribution in [2.45, 2.75) is 19.5 Å². The summed E-state index contributed by atoms with van der Waals surface area (Å²) in [5.74, 6) is -0.328. The molecule has 0 radical (unpaired) electrons. The first-order valence-corrected chi connectivity index (χ1v) is 6.71. The fourth-order valence-corrected chi connectivity index (χ4v) is 2.87. The van der Waals surface area contributed by atoms with Crippen LogP contribution in [0.1, 0.15) is 6.92 Å². The largest absolute Gasteiger partial charge is 0.392 e. The second kappa shape index (κ2) is 5.37. The molecule has 0 aliphatic carbocycles. The van der Waals surface area contributed by atoms with E-state index >= 15 is 0 Å². The monoisotopic (exact) mass is 262 g/mol. The van der Waals surface area contributed by atoms with Gasteiger partial charge in [0, 0.05) is 18.4 Å². The zero-order chi connectivity index (χ0) is 12.2. The summed E-state index contributed by atoms with van der Waals surface area (Å²) < 4.78 is 27.1. The SMILES string of the molecule is CC(Cn1cccn1)NS(=O)(=O)CC(N)=S. The van der Waals surface area contributed by atoms with E-state index in [2.05, 4.69) is 22.0 Å². The van der Waals surface area contributed by atoms with Crippen molar-refractivity contribution in [2.24, 2.45) is 5.73 Å². The van der Waals surface area contributed by atoms with Crippen LogP contribution in [-0.4, -0.2) is 35.0 Å². The maximum absolute atomic E-state index is 11.5. The highest BCUT2D eigenvalue weighted by Crippen LogP contribution is 1.94. The van der Waals surface area contributed by atoms with Gasteiger partial charge in [0.05, 0.1) is 11.5 Å². The third-order valence-electron chi connectivity index (χ3n) is 1.73. The number of nitrogens with zero attached hydrogens (tertiary/aromatic N) is 2. The second-order valence-electron chi connectivity index (χ2n) is 3.47. The first-order valence-electron chi connectivity index (χ1n) is 4.65. The Morgan fingerprint density at radius 1 is 1.69 bits per heavy atom. The minimum Gasteiger partial charge on any atom is -0.392 e. The summed E-state index contributed by atoms with van der Waals surface area (Å²) in [6.45, 7) is 2.21. The Labute approximate surface area is 99.9 Å². The maximum atomic E-state index is 11.5. The van der Waals surface area contributed by atoms with E-state index in [0.717, 1.165) is 0 Å². The van der Waals surface area contributed by atoms with Gasteiger partial charge in [0.1, 0.15) is 5.75 Å². The van der Waals surface area contributed by atoms with E-state index in [1.807, 2.05) is 0 Å². The van der Waals surface area contributed by atoms with Crippen molar-refractivity contribution in [3.63, 3.8) is 0 Å². The van der Waals surface area contributed by atoms with Gasteiger partial charge in [-0.1, -0.05) is 12.2 Å². The zero-order valence-corrected chi connectivity index (χ0v) is 10.5. The summed E-state index contributed by atoms with van der Waals surface area (Å²) in [5.41, 5.74) is 5.19. The first kappa shape index (κ1) is 13.1. The van der Waals surface area contributed by atoms with Gasteiger partial charge in [-0.15, -0.1) is 0 Å². The summed E-state index contributed by atoms with van der Waals surface area (Å²) in [4.78, 5) is -0.0428. The number of rotatable bonds is 6. The molecule has 1 aromatic rings. The summed E-state index contributed by atoms with van der Waals surface area (Å²) in [6.07, 6.45) is 3.40. The molecule has 1 unspecified atom stereocenters. The van der Waals surface area contributed by atoms with Crippen LogP contribution in [0.5, 0.6) is 0 Å². The lowest BCUT2D eigenvalue weighted by atomic mass is 10.4. The predicted molar refractivity (Wildman–Crippen MR) is 65.4 cm³/mol. The molecule has 3 N–H and O–H groups in total. The standard InChI is InChI=1S/C8H14N4O2S2/c1-7(5-12-4-2-3-10-12)11-16(13,14)6-8(9)15/h2-4,7,11H,5-6H2,1H3,(H2,9,15). The average molecular weight is 262 g/mol. The molecule has 0 bridgehead atoms. The molecule has 0 saturated heterocycles. The zero-order valence-electron chi connectivity index (χ0n) is 8.83. The normalized spacial score (nSPS) is 13.6. The highest BCUT2D eigenvalue weighted by atomic mass is 32.2. The van der Waals surface area contributed by atoms with Crippen LogP contribution in [-0.2, 0) is 16.6 Å². The van der Waals surface area contributed by atoms with Gasteiger partial charge in [-0.2, -0.15) is 5.10 Å². The third kappa shape index (κ3) is 4.69. The quantitative estimate of drug-likeness (QED) is 0.673. The highest BCUT2D eigenvalue weighted by Gasteiger charge is 2.15. The molecule has 0 spiro atoms. The molecular weight excluding hydrogens is 248 g/mol. The van der Waals surface area contributed by atoms with Crippen molar-refractivity contribution in [3.05, 3.63) is 18.5 Å². The fourth-order valence-electron chi connectivity index (χ4n) is 1.26. The van der Waals surface area contributed by atoms with Crippen molar-refractivity contribution in [1.82, 2.24) is 14.5 Å². The number of nitrogens with two attached hydrogens (primary N) is 1. The van der Waals surface area contributed by atoms with E-state index in [0.29, 0.717) is 6.54 Å². The van der Waals surface area contributed by atoms with Gasteiger partial charge >= 0.3 is 0 Å². The molecule has 0 aliphatic rings. The molecule has 1 atom stereocenters. The predicted octanol–water partition coefficient (Wildman–Crippen LogP) is -0.523. The Hall–Kier alpha value is -0.990. The van der Waals surface area contributed by atoms with Crippen molar-refractivity contribution in [2.75, 3.05) is 5.75 Å². The molecule has 1 aromatic heterocycles. The molecular formula is C8H14N4O2S2. The van der Waals surface area contributed by atoms with Crippen LogP contribution in [0.25, 0.3) is 0 Å². The average Bonchev–Trinajstić information content (AvgIpc) is 2.51. The smallest absolute Gasteiger partial charge is 0.218 e. The van der Waals surface area contributed by atoms with Crippen LogP contribution in [0.4, 0.5) is 0 Å². The van der Waals surface area contributed by atoms with Crippen LogP contribution < -0.4 is 10.5 Å². The molecule has 6 nitrogen and oxygen atoms in total. The topological polar surface area (TPSA) is 90.0 Å². The van der Waals surface area contributed by atoms with Gasteiger partial charge in [0.15, 0.2) is 0 Å². The molecule has 1 rings (SSSR count). The summed E-state index contributed by atoms with van der Waals surface area (Å²) in [7, 11) is -3.44. The molecule has 1 heterocycles. The number of hydrogen-bond donors (Lipinski definition) is 2. The first-order chi connectivity index (χ1) is 7.39. The molecule has 0 saturated carbocycles. The van der Waals surface area contributed by atoms with Crippen LogP contribution in [0.15, 0.2) is 18.5 Å².